The molecule has 0 aromatic heterocycles. The Hall–Kier alpha value is -3.03. The van der Waals surface area contributed by atoms with Gasteiger partial charge in [-0.25, -0.2) is 17.6 Å². The summed E-state index contributed by atoms with van der Waals surface area (Å²) < 4.78 is 171. The molecule has 2 aromatic carbocycles. The number of ether oxygens (including phenoxy) is 3. The topological polar surface area (TPSA) is 27.7 Å². The second-order valence-electron chi connectivity index (χ2n) is 12.0. The van der Waals surface area contributed by atoms with Crippen LogP contribution in [-0.2, 0) is 17.0 Å². The third-order valence-electron chi connectivity index (χ3n) is 8.66. The fraction of sp³-hybridized carbons (Fsp3) is 0.576. The highest BCUT2D eigenvalue weighted by atomic mass is 19.4. The number of hydrogen-bond acceptors (Lipinski definition) is 3. The van der Waals surface area contributed by atoms with Crippen molar-refractivity contribution in [2.45, 2.75) is 95.6 Å². The predicted octanol–water partition coefficient (Wildman–Crippen LogP) is 11.4. The van der Waals surface area contributed by atoms with Gasteiger partial charge < -0.3 is 14.2 Å². The van der Waals surface area contributed by atoms with Gasteiger partial charge in [-0.05, 0) is 82.1 Å². The number of hydrogen-bond donors (Lipinski definition) is 0. The molecular formula is C33H35F11O3. The normalized spacial score (nSPS) is 23.3. The first-order valence-corrected chi connectivity index (χ1v) is 15.5. The van der Waals surface area contributed by atoms with Crippen LogP contribution in [0.25, 0.3) is 0 Å². The van der Waals surface area contributed by atoms with Crippen LogP contribution < -0.4 is 9.47 Å². The summed E-state index contributed by atoms with van der Waals surface area (Å²) in [5.74, 6) is -9.30. The Labute approximate surface area is 265 Å². The van der Waals surface area contributed by atoms with Crippen molar-refractivity contribution in [2.24, 2.45) is 17.8 Å². The first-order chi connectivity index (χ1) is 22.0. The van der Waals surface area contributed by atoms with Gasteiger partial charge in [-0.2, -0.15) is 30.7 Å². The number of alkyl halides is 7. The van der Waals surface area contributed by atoms with Crippen molar-refractivity contribution >= 4 is 0 Å². The quantitative estimate of drug-likeness (QED) is 0.164. The van der Waals surface area contributed by atoms with E-state index in [0.717, 1.165) is 18.6 Å². The molecule has 47 heavy (non-hydrogen) atoms. The maximum atomic E-state index is 15.1. The second kappa shape index (κ2) is 15.0. The fourth-order valence-corrected chi connectivity index (χ4v) is 5.97. The molecule has 0 radical (unpaired) electrons. The van der Waals surface area contributed by atoms with Gasteiger partial charge in [0.2, 0.25) is 0 Å². The van der Waals surface area contributed by atoms with E-state index >= 15 is 8.78 Å². The lowest BCUT2D eigenvalue weighted by molar-refractivity contribution is -0.279. The van der Waals surface area contributed by atoms with Crippen LogP contribution in [0.4, 0.5) is 48.3 Å². The standard InChI is InChI=1S/C33H35F11O3/c1-2-3-16-45-23-12-15-26(28(35)17-23)33(43,44)46-22-10-6-20(7-11-22)30(37)29(36)19-4-8-21(9-5-19)32(41,42)47-24-13-14-25(27(34)18-24)31(38,39)40/h12-15,17-22H,2-11,16H2,1H3/b30-29+. The van der Waals surface area contributed by atoms with E-state index in [-0.39, 0.29) is 69.2 Å². The molecule has 2 aliphatic carbocycles. The number of halogens is 11. The Morgan fingerprint density at radius 3 is 1.74 bits per heavy atom. The van der Waals surface area contributed by atoms with Crippen LogP contribution >= 0.6 is 0 Å². The second-order valence-corrected chi connectivity index (χ2v) is 12.0. The maximum Gasteiger partial charge on any atom is 0.419 e. The van der Waals surface area contributed by atoms with E-state index in [1.807, 2.05) is 6.92 Å². The summed E-state index contributed by atoms with van der Waals surface area (Å²) in [7, 11) is 0. The molecule has 0 spiro atoms. The summed E-state index contributed by atoms with van der Waals surface area (Å²) in [5.41, 5.74) is -2.61. The molecule has 0 atom stereocenters. The van der Waals surface area contributed by atoms with Gasteiger partial charge in [0.15, 0.2) is 0 Å². The molecule has 0 saturated heterocycles. The highest BCUT2D eigenvalue weighted by Gasteiger charge is 2.46. The predicted molar refractivity (Wildman–Crippen MR) is 149 cm³/mol. The zero-order valence-electron chi connectivity index (χ0n) is 25.4. The monoisotopic (exact) mass is 688 g/mol. The molecule has 0 bridgehead atoms. The van der Waals surface area contributed by atoms with Gasteiger partial charge in [-0.1, -0.05) is 13.3 Å². The highest BCUT2D eigenvalue weighted by molar-refractivity contribution is 5.32. The third kappa shape index (κ3) is 9.32. The summed E-state index contributed by atoms with van der Waals surface area (Å²) in [6, 6.07) is 4.02. The number of benzene rings is 2. The lowest BCUT2D eigenvalue weighted by Gasteiger charge is -2.34. The summed E-state index contributed by atoms with van der Waals surface area (Å²) in [6.45, 7) is 2.24. The molecule has 262 valence electrons. The molecule has 4 rings (SSSR count). The van der Waals surface area contributed by atoms with Crippen molar-refractivity contribution in [2.75, 3.05) is 6.61 Å². The molecule has 2 aliphatic rings. The third-order valence-corrected chi connectivity index (χ3v) is 8.66. The molecule has 2 fully saturated rings. The van der Waals surface area contributed by atoms with Crippen LogP contribution in [0.1, 0.15) is 82.3 Å². The minimum absolute atomic E-state index is 0.0301. The Kier molecular flexibility index (Phi) is 11.8. The average Bonchev–Trinajstić information content (AvgIpc) is 3.00. The van der Waals surface area contributed by atoms with E-state index in [2.05, 4.69) is 4.74 Å². The summed E-state index contributed by atoms with van der Waals surface area (Å²) >= 11 is 0. The van der Waals surface area contributed by atoms with Crippen molar-refractivity contribution in [3.63, 3.8) is 0 Å². The molecule has 2 saturated carbocycles. The van der Waals surface area contributed by atoms with E-state index in [1.54, 1.807) is 0 Å². The Bertz CT molecular complexity index is 1380. The Morgan fingerprint density at radius 1 is 0.702 bits per heavy atom. The van der Waals surface area contributed by atoms with Gasteiger partial charge in [0.25, 0.3) is 0 Å². The largest absolute Gasteiger partial charge is 0.493 e. The lowest BCUT2D eigenvalue weighted by atomic mass is 9.79. The molecule has 0 N–H and O–H groups in total. The minimum Gasteiger partial charge on any atom is -0.493 e. The molecule has 0 amide bonds. The van der Waals surface area contributed by atoms with E-state index in [0.29, 0.717) is 19.1 Å². The van der Waals surface area contributed by atoms with E-state index in [9.17, 15) is 39.5 Å². The van der Waals surface area contributed by atoms with Gasteiger partial charge in [0.05, 0.1) is 29.8 Å². The lowest BCUT2D eigenvalue weighted by Crippen LogP contribution is -2.37. The SMILES string of the molecule is CCCCOc1ccc(C(F)(F)OC2CCC(/C(F)=C(\F)C3CCC(C(F)(F)Oc4ccc(C(F)(F)F)c(F)c4)CC3)CC2)c(F)c1. The van der Waals surface area contributed by atoms with Crippen molar-refractivity contribution in [3.8, 4) is 11.5 Å². The minimum atomic E-state index is -5.02. The smallest absolute Gasteiger partial charge is 0.419 e. The van der Waals surface area contributed by atoms with Crippen molar-refractivity contribution < 1.29 is 62.5 Å². The molecule has 2 aromatic rings. The van der Waals surface area contributed by atoms with Gasteiger partial charge in [0.1, 0.15) is 34.8 Å². The van der Waals surface area contributed by atoms with Crippen molar-refractivity contribution in [1.82, 2.24) is 0 Å². The molecule has 14 heteroatoms. The average molecular weight is 689 g/mol. The zero-order chi connectivity index (χ0) is 34.6. The van der Waals surface area contributed by atoms with Gasteiger partial charge >= 0.3 is 18.4 Å². The zero-order valence-corrected chi connectivity index (χ0v) is 25.4. The number of unbranched alkanes of at least 4 members (excludes halogenated alkanes) is 1. The van der Waals surface area contributed by atoms with Crippen molar-refractivity contribution in [3.05, 3.63) is 70.8 Å². The van der Waals surface area contributed by atoms with E-state index in [1.165, 1.54) is 6.07 Å². The molecule has 0 aliphatic heterocycles. The van der Waals surface area contributed by atoms with Crippen LogP contribution in [0.3, 0.4) is 0 Å². The summed E-state index contributed by atoms with van der Waals surface area (Å²) in [6.07, 6.45) is -13.5. The van der Waals surface area contributed by atoms with Crippen LogP contribution in [0.15, 0.2) is 48.1 Å². The van der Waals surface area contributed by atoms with Crippen LogP contribution in [0, 0.1) is 29.4 Å². The molecule has 3 nitrogen and oxygen atoms in total. The van der Waals surface area contributed by atoms with E-state index < -0.39 is 82.4 Å². The number of rotatable bonds is 12. The molecule has 0 unspecified atom stereocenters. The van der Waals surface area contributed by atoms with E-state index in [4.69, 9.17) is 9.47 Å². The number of allylic oxidation sites excluding steroid dienone is 2. The first-order valence-electron chi connectivity index (χ1n) is 15.5. The van der Waals surface area contributed by atoms with Gasteiger partial charge in [-0.3, -0.25) is 0 Å². The van der Waals surface area contributed by atoms with Crippen molar-refractivity contribution in [1.29, 1.82) is 0 Å². The Morgan fingerprint density at radius 2 is 1.21 bits per heavy atom. The summed E-state index contributed by atoms with van der Waals surface area (Å²) in [5, 5.41) is 0. The molecule has 0 heterocycles. The first kappa shape index (κ1) is 36.8. The van der Waals surface area contributed by atoms with Crippen LogP contribution in [0.2, 0.25) is 0 Å². The fourth-order valence-electron chi connectivity index (χ4n) is 5.97. The maximum absolute atomic E-state index is 15.1. The van der Waals surface area contributed by atoms with Crippen LogP contribution in [0.5, 0.6) is 11.5 Å². The Balaban J connectivity index is 1.28. The van der Waals surface area contributed by atoms with Crippen LogP contribution in [-0.4, -0.2) is 18.8 Å². The van der Waals surface area contributed by atoms with Gasteiger partial charge in [0, 0.05) is 24.0 Å². The van der Waals surface area contributed by atoms with Gasteiger partial charge in [-0.15, -0.1) is 0 Å². The highest BCUT2D eigenvalue weighted by Crippen LogP contribution is 2.46. The molecular weight excluding hydrogens is 653 g/mol. The summed E-state index contributed by atoms with van der Waals surface area (Å²) in [4.78, 5) is 0.